The van der Waals surface area contributed by atoms with E-state index >= 15 is 0 Å². The van der Waals surface area contributed by atoms with Gasteiger partial charge in [0.25, 0.3) is 0 Å². The zero-order valence-corrected chi connectivity index (χ0v) is 15.3. The molecular formula is C20H16F3N3O3. The second kappa shape index (κ2) is 7.13. The number of benzene rings is 2. The minimum atomic E-state index is -4.83. The van der Waals surface area contributed by atoms with Gasteiger partial charge in [0.15, 0.2) is 5.54 Å². The molecule has 0 aromatic heterocycles. The van der Waals surface area contributed by atoms with Gasteiger partial charge in [0, 0.05) is 19.2 Å². The molecule has 2 aromatic rings. The highest BCUT2D eigenvalue weighted by atomic mass is 19.4. The molecule has 0 bridgehead atoms. The predicted molar refractivity (Wildman–Crippen MR) is 97.2 cm³/mol. The van der Waals surface area contributed by atoms with Crippen molar-refractivity contribution in [3.8, 4) is 6.07 Å². The van der Waals surface area contributed by atoms with E-state index in [1.807, 2.05) is 0 Å². The number of nitriles is 1. The van der Waals surface area contributed by atoms with E-state index in [0.717, 1.165) is 21.9 Å². The first-order chi connectivity index (χ1) is 13.6. The van der Waals surface area contributed by atoms with Crippen molar-refractivity contribution in [1.82, 2.24) is 4.90 Å². The summed E-state index contributed by atoms with van der Waals surface area (Å²) in [6.45, 7) is -0.211. The van der Waals surface area contributed by atoms with E-state index in [-0.39, 0.29) is 18.7 Å². The van der Waals surface area contributed by atoms with Crippen molar-refractivity contribution in [2.75, 3.05) is 18.5 Å². The zero-order chi connectivity index (χ0) is 21.4. The molecule has 2 aromatic carbocycles. The van der Waals surface area contributed by atoms with Crippen LogP contribution in [0.5, 0.6) is 0 Å². The van der Waals surface area contributed by atoms with Crippen LogP contribution in [-0.2, 0) is 17.4 Å². The number of hydrogen-bond donors (Lipinski definition) is 1. The number of nitrogens with zero attached hydrogens (tertiary/aromatic N) is 3. The number of aliphatic carboxylic acids is 1. The Kier molecular flexibility index (Phi) is 4.96. The fourth-order valence-corrected chi connectivity index (χ4v) is 3.55. The van der Waals surface area contributed by atoms with E-state index < -0.39 is 34.8 Å². The Labute approximate surface area is 164 Å². The zero-order valence-electron chi connectivity index (χ0n) is 15.3. The van der Waals surface area contributed by atoms with E-state index in [1.54, 1.807) is 30.3 Å². The molecular weight excluding hydrogens is 387 g/mol. The van der Waals surface area contributed by atoms with Crippen LogP contribution in [0.15, 0.2) is 48.5 Å². The maximum Gasteiger partial charge on any atom is 0.417 e. The van der Waals surface area contributed by atoms with Crippen LogP contribution in [0.3, 0.4) is 0 Å². The molecule has 6 nitrogen and oxygen atoms in total. The molecule has 29 heavy (non-hydrogen) atoms. The number of alkyl halides is 3. The van der Waals surface area contributed by atoms with E-state index in [1.165, 1.54) is 13.1 Å². The Balaban J connectivity index is 2.18. The van der Waals surface area contributed by atoms with Crippen LogP contribution >= 0.6 is 0 Å². The van der Waals surface area contributed by atoms with Crippen molar-refractivity contribution in [1.29, 1.82) is 5.26 Å². The van der Waals surface area contributed by atoms with E-state index in [0.29, 0.717) is 11.6 Å². The highest BCUT2D eigenvalue weighted by molar-refractivity contribution is 6.04. The van der Waals surface area contributed by atoms with Gasteiger partial charge in [0.1, 0.15) is 0 Å². The van der Waals surface area contributed by atoms with Crippen molar-refractivity contribution < 1.29 is 27.9 Å². The number of carboxylic acids is 1. The largest absolute Gasteiger partial charge is 0.479 e. The van der Waals surface area contributed by atoms with Gasteiger partial charge in [-0.2, -0.15) is 18.4 Å². The minimum absolute atomic E-state index is 0.0966. The molecule has 1 fully saturated rings. The molecule has 1 heterocycles. The van der Waals surface area contributed by atoms with Crippen molar-refractivity contribution in [2.45, 2.75) is 18.1 Å². The first-order valence-corrected chi connectivity index (χ1v) is 8.54. The average molecular weight is 403 g/mol. The Morgan fingerprint density at radius 1 is 1.24 bits per heavy atom. The maximum absolute atomic E-state index is 13.4. The SMILES string of the molecule is CN1CC(Cc2ccccc2)(C(=O)O)N(c2ccc(C#N)c(C(F)(F)F)c2)C1=O. The van der Waals surface area contributed by atoms with Crippen LogP contribution in [0.25, 0.3) is 0 Å². The summed E-state index contributed by atoms with van der Waals surface area (Å²) >= 11 is 0. The van der Waals surface area contributed by atoms with E-state index in [9.17, 15) is 27.9 Å². The van der Waals surface area contributed by atoms with Gasteiger partial charge in [-0.3, -0.25) is 4.90 Å². The van der Waals surface area contributed by atoms with Gasteiger partial charge < -0.3 is 10.0 Å². The molecule has 1 unspecified atom stereocenters. The summed E-state index contributed by atoms with van der Waals surface area (Å²) in [6, 6.07) is 12.0. The molecule has 1 aliphatic rings. The number of anilines is 1. The van der Waals surface area contributed by atoms with Gasteiger partial charge in [-0.25, -0.2) is 9.59 Å². The summed E-state index contributed by atoms with van der Waals surface area (Å²) in [5.74, 6) is -1.34. The van der Waals surface area contributed by atoms with Gasteiger partial charge in [0.05, 0.1) is 23.7 Å². The lowest BCUT2D eigenvalue weighted by molar-refractivity contribution is -0.142. The molecule has 1 N–H and O–H groups in total. The highest BCUT2D eigenvalue weighted by Gasteiger charge is 2.55. The molecule has 1 atom stereocenters. The van der Waals surface area contributed by atoms with E-state index in [2.05, 4.69) is 0 Å². The van der Waals surface area contributed by atoms with Crippen LogP contribution in [-0.4, -0.2) is 41.1 Å². The van der Waals surface area contributed by atoms with Crippen LogP contribution in [0.2, 0.25) is 0 Å². The number of carbonyl (C=O) groups excluding carboxylic acids is 1. The third-order valence-electron chi connectivity index (χ3n) is 4.87. The second-order valence-corrected chi connectivity index (χ2v) is 6.81. The fourth-order valence-electron chi connectivity index (χ4n) is 3.55. The van der Waals surface area contributed by atoms with Crippen LogP contribution in [0.1, 0.15) is 16.7 Å². The summed E-state index contributed by atoms with van der Waals surface area (Å²) in [7, 11) is 1.39. The number of carboxylic acid groups (broad SMARTS) is 1. The molecule has 0 saturated carbocycles. The topological polar surface area (TPSA) is 84.6 Å². The quantitative estimate of drug-likeness (QED) is 0.847. The molecule has 0 spiro atoms. The van der Waals surface area contributed by atoms with Crippen molar-refractivity contribution in [3.63, 3.8) is 0 Å². The van der Waals surface area contributed by atoms with Crippen molar-refractivity contribution in [3.05, 3.63) is 65.2 Å². The number of halogens is 3. The van der Waals surface area contributed by atoms with Gasteiger partial charge in [-0.15, -0.1) is 0 Å². The number of hydrogen-bond acceptors (Lipinski definition) is 3. The molecule has 150 valence electrons. The van der Waals surface area contributed by atoms with Crippen LogP contribution in [0, 0.1) is 11.3 Å². The van der Waals surface area contributed by atoms with E-state index in [4.69, 9.17) is 5.26 Å². The number of rotatable bonds is 4. The first-order valence-electron chi connectivity index (χ1n) is 8.54. The number of carbonyl (C=O) groups is 2. The smallest absolute Gasteiger partial charge is 0.417 e. The summed E-state index contributed by atoms with van der Waals surface area (Å²) in [6.07, 6.45) is -4.93. The number of urea groups is 1. The fraction of sp³-hybridized carbons (Fsp3) is 0.250. The molecule has 1 aliphatic heterocycles. The molecule has 0 radical (unpaired) electrons. The Hall–Kier alpha value is -3.54. The lowest BCUT2D eigenvalue weighted by atomic mass is 9.89. The predicted octanol–water partition coefficient (Wildman–Crippen LogP) is 3.51. The Morgan fingerprint density at radius 2 is 1.90 bits per heavy atom. The molecule has 3 rings (SSSR count). The number of amides is 2. The average Bonchev–Trinajstić information content (AvgIpc) is 2.92. The molecule has 1 saturated heterocycles. The third-order valence-corrected chi connectivity index (χ3v) is 4.87. The normalized spacial score (nSPS) is 19.3. The Morgan fingerprint density at radius 3 is 2.45 bits per heavy atom. The number of likely N-dealkylation sites (N-methyl/N-ethyl adjacent to an activating group) is 1. The van der Waals surface area contributed by atoms with Crippen molar-refractivity contribution >= 4 is 17.7 Å². The molecule has 9 heteroatoms. The van der Waals surface area contributed by atoms with Gasteiger partial charge >= 0.3 is 18.2 Å². The summed E-state index contributed by atoms with van der Waals surface area (Å²) < 4.78 is 40.2. The molecule has 0 aliphatic carbocycles. The lowest BCUT2D eigenvalue weighted by Crippen LogP contribution is -2.55. The summed E-state index contributed by atoms with van der Waals surface area (Å²) in [5, 5.41) is 19.0. The Bertz CT molecular complexity index is 1000. The highest BCUT2D eigenvalue weighted by Crippen LogP contribution is 2.39. The van der Waals surface area contributed by atoms with Gasteiger partial charge in [-0.05, 0) is 23.8 Å². The van der Waals surface area contributed by atoms with Crippen molar-refractivity contribution in [2.24, 2.45) is 0 Å². The minimum Gasteiger partial charge on any atom is -0.479 e. The molecule has 2 amide bonds. The van der Waals surface area contributed by atoms with Gasteiger partial charge in [0.2, 0.25) is 0 Å². The first kappa shape index (κ1) is 20.2. The summed E-state index contributed by atoms with van der Waals surface area (Å²) in [5.41, 5.74) is -3.25. The third kappa shape index (κ3) is 3.49. The summed E-state index contributed by atoms with van der Waals surface area (Å²) in [4.78, 5) is 27.1. The van der Waals surface area contributed by atoms with Crippen LogP contribution < -0.4 is 4.90 Å². The second-order valence-electron chi connectivity index (χ2n) is 6.81. The lowest BCUT2D eigenvalue weighted by Gasteiger charge is -2.33. The maximum atomic E-state index is 13.4. The monoisotopic (exact) mass is 403 g/mol. The van der Waals surface area contributed by atoms with Gasteiger partial charge in [-0.1, -0.05) is 30.3 Å². The standard InChI is InChI=1S/C20H16F3N3O3/c1-25-12-19(17(27)28,10-13-5-3-2-4-6-13)26(18(25)29)15-8-7-14(11-24)16(9-15)20(21,22)23/h2-9H,10,12H2,1H3,(H,27,28). The van der Waals surface area contributed by atoms with Crippen LogP contribution in [0.4, 0.5) is 23.7 Å².